The Kier molecular flexibility index (Phi) is 7.38. The number of piperazine rings is 1. The minimum absolute atomic E-state index is 0.156. The van der Waals surface area contributed by atoms with Crippen molar-refractivity contribution in [3.63, 3.8) is 0 Å². The van der Waals surface area contributed by atoms with Crippen LogP contribution in [0.4, 0.5) is 0 Å². The van der Waals surface area contributed by atoms with Crippen molar-refractivity contribution >= 4 is 15.9 Å². The molecular weight excluding hydrogens is 416 g/mol. The number of amides is 1. The van der Waals surface area contributed by atoms with Crippen LogP contribution in [0.2, 0.25) is 0 Å². The van der Waals surface area contributed by atoms with Crippen molar-refractivity contribution in [2.75, 3.05) is 39.4 Å². The lowest BCUT2D eigenvalue weighted by Crippen LogP contribution is -2.50. The molecule has 2 heterocycles. The topological polar surface area (TPSA) is 76.2 Å². The summed E-state index contributed by atoms with van der Waals surface area (Å²) in [6.07, 6.45) is 10.1. The van der Waals surface area contributed by atoms with Gasteiger partial charge in [-0.3, -0.25) is 4.79 Å². The fourth-order valence-electron chi connectivity index (χ4n) is 4.81. The third kappa shape index (κ3) is 5.52. The predicted octanol–water partition coefficient (Wildman–Crippen LogP) is 3.43. The molecule has 1 aliphatic carbocycles. The molecule has 1 amide bonds. The minimum atomic E-state index is -3.63. The quantitative estimate of drug-likeness (QED) is 0.664. The van der Waals surface area contributed by atoms with Gasteiger partial charge in [-0.2, -0.15) is 4.31 Å². The van der Waals surface area contributed by atoms with E-state index in [0.717, 1.165) is 25.2 Å². The Morgan fingerprint density at radius 3 is 2.39 bits per heavy atom. The van der Waals surface area contributed by atoms with E-state index in [9.17, 15) is 13.2 Å². The van der Waals surface area contributed by atoms with Crippen molar-refractivity contribution in [2.45, 2.75) is 62.7 Å². The summed E-state index contributed by atoms with van der Waals surface area (Å²) in [4.78, 5) is 14.6. The molecule has 31 heavy (non-hydrogen) atoms. The SMILES string of the molecule is O=C(CCCC1CCCCC1)N1CCN(S(=O)(=O)c2ccc3c(c2)OCCCO3)CC1. The van der Waals surface area contributed by atoms with Gasteiger partial charge in [-0.15, -0.1) is 0 Å². The number of carbonyl (C=O) groups excluding carboxylic acids is 1. The standard InChI is InChI=1S/C23H34N2O5S/c26-23(9-4-8-19-6-2-1-3-7-19)24-12-14-25(15-13-24)31(27,28)20-10-11-21-22(18-20)30-17-5-16-29-21/h10-11,18-19H,1-9,12-17H2. The summed E-state index contributed by atoms with van der Waals surface area (Å²) in [5, 5.41) is 0. The van der Waals surface area contributed by atoms with Crippen LogP contribution < -0.4 is 9.47 Å². The third-order valence-electron chi connectivity index (χ3n) is 6.68. The Balaban J connectivity index is 1.28. The Bertz CT molecular complexity index is 859. The molecule has 0 N–H and O–H groups in total. The summed E-state index contributed by atoms with van der Waals surface area (Å²) in [5.74, 6) is 2.01. The van der Waals surface area contributed by atoms with Gasteiger partial charge in [0.2, 0.25) is 15.9 Å². The fourth-order valence-corrected chi connectivity index (χ4v) is 6.25. The molecule has 1 saturated heterocycles. The molecule has 0 radical (unpaired) electrons. The number of nitrogens with zero attached hydrogens (tertiary/aromatic N) is 2. The summed E-state index contributed by atoms with van der Waals surface area (Å²) < 4.78 is 38.9. The molecule has 0 spiro atoms. The first-order valence-corrected chi connectivity index (χ1v) is 13.2. The van der Waals surface area contributed by atoms with Crippen molar-refractivity contribution in [1.82, 2.24) is 9.21 Å². The van der Waals surface area contributed by atoms with E-state index in [1.165, 1.54) is 36.4 Å². The van der Waals surface area contributed by atoms with Crippen LogP contribution in [0.1, 0.15) is 57.8 Å². The molecule has 1 aromatic rings. The highest BCUT2D eigenvalue weighted by molar-refractivity contribution is 7.89. The summed E-state index contributed by atoms with van der Waals surface area (Å²) >= 11 is 0. The lowest BCUT2D eigenvalue weighted by atomic mass is 9.86. The maximum absolute atomic E-state index is 13.1. The average Bonchev–Trinajstić information content (AvgIpc) is 3.05. The smallest absolute Gasteiger partial charge is 0.243 e. The van der Waals surface area contributed by atoms with E-state index in [2.05, 4.69) is 0 Å². The van der Waals surface area contributed by atoms with E-state index < -0.39 is 10.0 Å². The van der Waals surface area contributed by atoms with Gasteiger partial charge in [-0.1, -0.05) is 32.1 Å². The first-order chi connectivity index (χ1) is 15.0. The number of carbonyl (C=O) groups is 1. The van der Waals surface area contributed by atoms with Crippen LogP contribution in [0.3, 0.4) is 0 Å². The molecule has 8 heteroatoms. The maximum Gasteiger partial charge on any atom is 0.243 e. The van der Waals surface area contributed by atoms with Crippen molar-refractivity contribution in [3.05, 3.63) is 18.2 Å². The Labute approximate surface area is 185 Å². The van der Waals surface area contributed by atoms with E-state index in [0.29, 0.717) is 57.3 Å². The van der Waals surface area contributed by atoms with Crippen LogP contribution >= 0.6 is 0 Å². The molecule has 0 atom stereocenters. The zero-order chi connectivity index (χ0) is 21.7. The zero-order valence-corrected chi connectivity index (χ0v) is 19.1. The molecule has 2 fully saturated rings. The van der Waals surface area contributed by atoms with Gasteiger partial charge < -0.3 is 14.4 Å². The van der Waals surface area contributed by atoms with E-state index in [1.54, 1.807) is 18.2 Å². The highest BCUT2D eigenvalue weighted by atomic mass is 32.2. The average molecular weight is 451 g/mol. The number of rotatable bonds is 6. The minimum Gasteiger partial charge on any atom is -0.490 e. The van der Waals surface area contributed by atoms with Gasteiger partial charge in [0.25, 0.3) is 0 Å². The molecular formula is C23H34N2O5S. The maximum atomic E-state index is 13.1. The largest absolute Gasteiger partial charge is 0.490 e. The van der Waals surface area contributed by atoms with Gasteiger partial charge in [0.15, 0.2) is 11.5 Å². The molecule has 1 saturated carbocycles. The van der Waals surface area contributed by atoms with E-state index in [4.69, 9.17) is 9.47 Å². The number of hydrogen-bond acceptors (Lipinski definition) is 5. The lowest BCUT2D eigenvalue weighted by molar-refractivity contribution is -0.132. The predicted molar refractivity (Wildman–Crippen MR) is 118 cm³/mol. The number of hydrogen-bond donors (Lipinski definition) is 0. The van der Waals surface area contributed by atoms with Crippen LogP contribution in [0.25, 0.3) is 0 Å². The van der Waals surface area contributed by atoms with Crippen LogP contribution in [0, 0.1) is 5.92 Å². The number of sulfonamides is 1. The normalized spacial score (nSPS) is 21.0. The highest BCUT2D eigenvalue weighted by Crippen LogP contribution is 2.33. The molecule has 0 unspecified atom stereocenters. The molecule has 3 aliphatic rings. The monoisotopic (exact) mass is 450 g/mol. The molecule has 0 aromatic heterocycles. The second-order valence-corrected chi connectivity index (χ2v) is 10.8. The van der Waals surface area contributed by atoms with Crippen molar-refractivity contribution in [1.29, 1.82) is 0 Å². The molecule has 2 aliphatic heterocycles. The first-order valence-electron chi connectivity index (χ1n) is 11.7. The van der Waals surface area contributed by atoms with Gasteiger partial charge in [0.05, 0.1) is 18.1 Å². The molecule has 1 aromatic carbocycles. The lowest BCUT2D eigenvalue weighted by Gasteiger charge is -2.34. The number of benzene rings is 1. The van der Waals surface area contributed by atoms with Crippen LogP contribution in [-0.4, -0.2) is 62.9 Å². The van der Waals surface area contributed by atoms with Gasteiger partial charge in [-0.05, 0) is 30.9 Å². The van der Waals surface area contributed by atoms with Gasteiger partial charge in [-0.25, -0.2) is 8.42 Å². The Hall–Kier alpha value is -1.80. The highest BCUT2D eigenvalue weighted by Gasteiger charge is 2.31. The number of fused-ring (bicyclic) bond motifs is 1. The van der Waals surface area contributed by atoms with Gasteiger partial charge in [0.1, 0.15) is 0 Å². The van der Waals surface area contributed by atoms with Crippen LogP contribution in [0.15, 0.2) is 23.1 Å². The number of ether oxygens (including phenoxy) is 2. The Morgan fingerprint density at radius 2 is 1.65 bits per heavy atom. The second kappa shape index (κ2) is 10.2. The van der Waals surface area contributed by atoms with Crippen molar-refractivity contribution in [2.24, 2.45) is 5.92 Å². The third-order valence-corrected chi connectivity index (χ3v) is 8.57. The zero-order valence-electron chi connectivity index (χ0n) is 18.3. The first kappa shape index (κ1) is 22.4. The molecule has 7 nitrogen and oxygen atoms in total. The van der Waals surface area contributed by atoms with E-state index in [-0.39, 0.29) is 10.8 Å². The molecule has 0 bridgehead atoms. The summed E-state index contributed by atoms with van der Waals surface area (Å²) in [7, 11) is -3.63. The van der Waals surface area contributed by atoms with E-state index in [1.807, 2.05) is 4.90 Å². The van der Waals surface area contributed by atoms with E-state index >= 15 is 0 Å². The second-order valence-electron chi connectivity index (χ2n) is 8.84. The van der Waals surface area contributed by atoms with Crippen molar-refractivity contribution < 1.29 is 22.7 Å². The summed E-state index contributed by atoms with van der Waals surface area (Å²) in [6, 6.07) is 4.80. The molecule has 4 rings (SSSR count). The van der Waals surface area contributed by atoms with Crippen LogP contribution in [-0.2, 0) is 14.8 Å². The summed E-state index contributed by atoms with van der Waals surface area (Å²) in [5.41, 5.74) is 0. The summed E-state index contributed by atoms with van der Waals surface area (Å²) in [6.45, 7) is 2.63. The van der Waals surface area contributed by atoms with Crippen LogP contribution in [0.5, 0.6) is 11.5 Å². The van der Waals surface area contributed by atoms with Gasteiger partial charge in [0, 0.05) is 45.1 Å². The van der Waals surface area contributed by atoms with Gasteiger partial charge >= 0.3 is 0 Å². The fraction of sp³-hybridized carbons (Fsp3) is 0.696. The Morgan fingerprint density at radius 1 is 0.935 bits per heavy atom. The molecule has 172 valence electrons. The van der Waals surface area contributed by atoms with Crippen molar-refractivity contribution in [3.8, 4) is 11.5 Å².